The third-order valence-electron chi connectivity index (χ3n) is 5.49. The molecule has 8 nitrogen and oxygen atoms in total. The summed E-state index contributed by atoms with van der Waals surface area (Å²) in [5, 5.41) is 15.3. The Morgan fingerprint density at radius 3 is 2.43 bits per heavy atom. The van der Waals surface area contributed by atoms with Crippen molar-refractivity contribution in [3.63, 3.8) is 0 Å². The summed E-state index contributed by atoms with van der Waals surface area (Å²) in [6, 6.07) is 19.9. The van der Waals surface area contributed by atoms with Crippen LogP contribution in [0.25, 0.3) is 33.6 Å². The van der Waals surface area contributed by atoms with Crippen molar-refractivity contribution in [2.75, 3.05) is 0 Å². The van der Waals surface area contributed by atoms with Gasteiger partial charge in [-0.15, -0.1) is 0 Å². The zero-order chi connectivity index (χ0) is 26.2. The second-order valence-electron chi connectivity index (χ2n) is 7.90. The van der Waals surface area contributed by atoms with E-state index in [1.54, 1.807) is 36.4 Å². The number of hydrogen-bond donors (Lipinski definition) is 0. The molecule has 0 radical (unpaired) electrons. The van der Waals surface area contributed by atoms with Gasteiger partial charge >= 0.3 is 6.18 Å². The fourth-order valence-corrected chi connectivity index (χ4v) is 3.69. The lowest BCUT2D eigenvalue weighted by molar-refractivity contribution is -0.384. The van der Waals surface area contributed by atoms with Gasteiger partial charge in [0.1, 0.15) is 11.5 Å². The summed E-state index contributed by atoms with van der Waals surface area (Å²) in [4.78, 5) is 28.0. The molecule has 0 fully saturated rings. The number of nitrogens with zero attached hydrogens (tertiary/aromatic N) is 4. The van der Waals surface area contributed by atoms with Gasteiger partial charge in [0, 0.05) is 23.3 Å². The van der Waals surface area contributed by atoms with Gasteiger partial charge in [-0.3, -0.25) is 14.9 Å². The fraction of sp³-hybridized carbons (Fsp3) is 0.0385. The topological polar surface area (TPSA) is 104 Å². The number of para-hydroxylation sites is 1. The molecule has 5 aromatic rings. The Balaban J connectivity index is 1.57. The first kappa shape index (κ1) is 23.7. The number of non-ortho nitro benzene ring substituents is 1. The van der Waals surface area contributed by atoms with Crippen LogP contribution in [0, 0.1) is 10.1 Å². The Hall–Kier alpha value is -5.06. The predicted octanol–water partition coefficient (Wildman–Crippen LogP) is 6.13. The number of rotatable bonds is 5. The van der Waals surface area contributed by atoms with Crippen molar-refractivity contribution >= 4 is 22.8 Å². The Labute approximate surface area is 206 Å². The smallest absolute Gasteiger partial charge is 0.416 e. The molecule has 184 valence electrons. The minimum Gasteiger partial charge on any atom is -0.455 e. The Morgan fingerprint density at radius 2 is 1.70 bits per heavy atom. The quantitative estimate of drug-likeness (QED) is 0.163. The van der Waals surface area contributed by atoms with E-state index in [9.17, 15) is 28.1 Å². The van der Waals surface area contributed by atoms with Gasteiger partial charge < -0.3 is 4.42 Å². The van der Waals surface area contributed by atoms with Crippen LogP contribution in [0.5, 0.6) is 0 Å². The molecule has 5 rings (SSSR count). The van der Waals surface area contributed by atoms with E-state index in [-0.39, 0.29) is 28.2 Å². The molecule has 0 bridgehead atoms. The zero-order valence-electron chi connectivity index (χ0n) is 18.7. The van der Waals surface area contributed by atoms with Gasteiger partial charge in [0.15, 0.2) is 5.82 Å². The van der Waals surface area contributed by atoms with Gasteiger partial charge in [-0.1, -0.05) is 24.3 Å². The van der Waals surface area contributed by atoms with E-state index in [1.165, 1.54) is 42.6 Å². The van der Waals surface area contributed by atoms with E-state index in [1.807, 2.05) is 0 Å². The molecule has 0 N–H and O–H groups in total. The minimum absolute atomic E-state index is 0.0563. The van der Waals surface area contributed by atoms with Crippen LogP contribution in [-0.2, 0) is 6.18 Å². The molecule has 0 aliphatic rings. The number of nitro groups is 1. The molecule has 0 spiro atoms. The molecular formula is C26H15F3N4O4. The first-order valence-corrected chi connectivity index (χ1v) is 10.8. The molecule has 0 unspecified atom stereocenters. The summed E-state index contributed by atoms with van der Waals surface area (Å²) >= 11 is 0. The Bertz CT molecular complexity index is 1720. The number of hydrogen-bond acceptors (Lipinski definition) is 6. The summed E-state index contributed by atoms with van der Waals surface area (Å²) in [5.74, 6) is 0.565. The minimum atomic E-state index is -4.58. The standard InChI is InChI=1S/C26H15F3N4O4/c27-26(28,29)18-5-3-4-17(14-18)24-31-22-7-2-1-6-21(22)25(34)32(24)30-15-20-12-13-23(37-20)16-8-10-19(11-9-16)33(35)36/h1-15H. The Morgan fingerprint density at radius 1 is 0.946 bits per heavy atom. The fourth-order valence-electron chi connectivity index (χ4n) is 3.69. The summed E-state index contributed by atoms with van der Waals surface area (Å²) in [5.41, 5.74) is -0.578. The average molecular weight is 504 g/mol. The van der Waals surface area contributed by atoms with Crippen molar-refractivity contribution < 1.29 is 22.5 Å². The summed E-state index contributed by atoms with van der Waals surface area (Å²) < 4.78 is 46.6. The van der Waals surface area contributed by atoms with Crippen molar-refractivity contribution in [2.45, 2.75) is 6.18 Å². The SMILES string of the molecule is O=c1c2ccccc2nc(-c2cccc(C(F)(F)F)c2)n1N=Cc1ccc(-c2ccc([N+](=O)[O-])cc2)o1. The van der Waals surface area contributed by atoms with Crippen LogP contribution in [0.3, 0.4) is 0 Å². The van der Waals surface area contributed by atoms with Crippen LogP contribution >= 0.6 is 0 Å². The van der Waals surface area contributed by atoms with Gasteiger partial charge in [0.2, 0.25) is 0 Å². The van der Waals surface area contributed by atoms with Crippen LogP contribution in [0.2, 0.25) is 0 Å². The van der Waals surface area contributed by atoms with Gasteiger partial charge in [0.25, 0.3) is 11.2 Å². The number of benzene rings is 3. The van der Waals surface area contributed by atoms with E-state index < -0.39 is 22.2 Å². The van der Waals surface area contributed by atoms with Crippen LogP contribution in [0.4, 0.5) is 18.9 Å². The van der Waals surface area contributed by atoms with Gasteiger partial charge in [-0.25, -0.2) is 4.98 Å². The summed E-state index contributed by atoms with van der Waals surface area (Å²) in [6.45, 7) is 0. The molecular weight excluding hydrogens is 489 g/mol. The van der Waals surface area contributed by atoms with Gasteiger partial charge in [-0.05, 0) is 48.5 Å². The Kier molecular flexibility index (Phi) is 5.88. The molecule has 3 aromatic carbocycles. The highest BCUT2D eigenvalue weighted by Gasteiger charge is 2.31. The number of halogens is 3. The third kappa shape index (κ3) is 4.74. The van der Waals surface area contributed by atoms with Crippen molar-refractivity contribution in [3.8, 4) is 22.7 Å². The molecule has 37 heavy (non-hydrogen) atoms. The van der Waals surface area contributed by atoms with E-state index in [4.69, 9.17) is 4.42 Å². The van der Waals surface area contributed by atoms with Crippen LogP contribution in [0.1, 0.15) is 11.3 Å². The molecule has 0 aliphatic carbocycles. The normalized spacial score (nSPS) is 11.9. The maximum Gasteiger partial charge on any atom is 0.416 e. The number of aromatic nitrogens is 2. The first-order valence-electron chi connectivity index (χ1n) is 10.8. The number of furan rings is 1. The largest absolute Gasteiger partial charge is 0.455 e. The molecule has 11 heteroatoms. The van der Waals surface area contributed by atoms with Crippen molar-refractivity contribution in [1.29, 1.82) is 0 Å². The van der Waals surface area contributed by atoms with Crippen LogP contribution in [0.15, 0.2) is 99.2 Å². The first-order chi connectivity index (χ1) is 17.7. The second kappa shape index (κ2) is 9.19. The maximum absolute atomic E-state index is 13.3. The predicted molar refractivity (Wildman–Crippen MR) is 130 cm³/mol. The molecule has 0 saturated heterocycles. The highest BCUT2D eigenvalue weighted by Crippen LogP contribution is 2.32. The second-order valence-corrected chi connectivity index (χ2v) is 7.90. The lowest BCUT2D eigenvalue weighted by Gasteiger charge is -2.11. The molecule has 0 amide bonds. The van der Waals surface area contributed by atoms with Crippen LogP contribution < -0.4 is 5.56 Å². The third-order valence-corrected chi connectivity index (χ3v) is 5.49. The molecule has 0 atom stereocenters. The van der Waals surface area contributed by atoms with Gasteiger partial charge in [0.05, 0.1) is 27.6 Å². The highest BCUT2D eigenvalue weighted by molar-refractivity contribution is 5.81. The lowest BCUT2D eigenvalue weighted by atomic mass is 10.1. The number of fused-ring (bicyclic) bond motifs is 1. The average Bonchev–Trinajstić information content (AvgIpc) is 3.37. The molecule has 2 aromatic heterocycles. The zero-order valence-corrected chi connectivity index (χ0v) is 18.7. The van der Waals surface area contributed by atoms with Gasteiger partial charge in [-0.2, -0.15) is 22.9 Å². The maximum atomic E-state index is 13.3. The molecule has 0 aliphatic heterocycles. The van der Waals surface area contributed by atoms with E-state index >= 15 is 0 Å². The summed E-state index contributed by atoms with van der Waals surface area (Å²) in [7, 11) is 0. The van der Waals surface area contributed by atoms with Crippen molar-refractivity contribution in [1.82, 2.24) is 9.66 Å². The number of alkyl halides is 3. The van der Waals surface area contributed by atoms with Crippen molar-refractivity contribution in [3.05, 3.63) is 117 Å². The monoisotopic (exact) mass is 504 g/mol. The summed E-state index contributed by atoms with van der Waals surface area (Å²) in [6.07, 6.45) is -3.34. The van der Waals surface area contributed by atoms with Crippen molar-refractivity contribution in [2.24, 2.45) is 5.10 Å². The molecule has 2 heterocycles. The lowest BCUT2D eigenvalue weighted by Crippen LogP contribution is -2.20. The highest BCUT2D eigenvalue weighted by atomic mass is 19.4. The van der Waals surface area contributed by atoms with Crippen LogP contribution in [-0.4, -0.2) is 20.8 Å². The number of nitro benzene ring substituents is 1. The van der Waals surface area contributed by atoms with E-state index in [0.717, 1.165) is 16.8 Å². The van der Waals surface area contributed by atoms with E-state index in [0.29, 0.717) is 16.8 Å². The van der Waals surface area contributed by atoms with E-state index in [2.05, 4.69) is 10.1 Å². The molecule has 0 saturated carbocycles.